The smallest absolute Gasteiger partial charge is 0.444 e. The number of rotatable bonds is 7. The first-order valence-corrected chi connectivity index (χ1v) is 7.97. The first-order valence-electron chi connectivity index (χ1n) is 7.97. The molecule has 1 aromatic heterocycles. The zero-order chi connectivity index (χ0) is 18.0. The molecule has 0 aliphatic carbocycles. The molecule has 2 heterocycles. The summed E-state index contributed by atoms with van der Waals surface area (Å²) in [5.41, 5.74) is 5.12. The molecule has 1 aliphatic rings. The molecule has 1 unspecified atom stereocenters. The van der Waals surface area contributed by atoms with E-state index in [1.807, 2.05) is 33.9 Å². The zero-order valence-corrected chi connectivity index (χ0v) is 14.9. The third kappa shape index (κ3) is 4.28. The number of hydrogen-bond acceptors (Lipinski definition) is 6. The van der Waals surface area contributed by atoms with Crippen molar-refractivity contribution in [3.05, 3.63) is 12.4 Å². The van der Waals surface area contributed by atoms with Gasteiger partial charge in [-0.15, -0.1) is 0 Å². The largest absolute Gasteiger partial charge is 0.498 e. The molecule has 0 aromatic carbocycles. The van der Waals surface area contributed by atoms with Crippen molar-refractivity contribution in [1.82, 2.24) is 9.78 Å². The Labute approximate surface area is 142 Å². The Morgan fingerprint density at radius 2 is 2.00 bits per heavy atom. The maximum atomic E-state index is 11.0. The number of carbonyl (C=O) groups excluding carboxylic acids is 1. The van der Waals surface area contributed by atoms with E-state index in [0.29, 0.717) is 19.6 Å². The molecule has 2 N–H and O–H groups in total. The quantitative estimate of drug-likeness (QED) is 0.734. The van der Waals surface area contributed by atoms with Gasteiger partial charge in [0, 0.05) is 38.0 Å². The van der Waals surface area contributed by atoms with E-state index in [1.165, 1.54) is 0 Å². The molecule has 1 atom stereocenters. The van der Waals surface area contributed by atoms with Crippen molar-refractivity contribution in [3.8, 4) is 0 Å². The SMILES string of the molecule is COCCC(Cn1cc(B2OC(C)(C)C(C)(C)O2)cn1)OC(N)=O. The van der Waals surface area contributed by atoms with E-state index < -0.39 is 30.5 Å². The van der Waals surface area contributed by atoms with E-state index in [4.69, 9.17) is 24.5 Å². The number of aromatic nitrogens is 2. The van der Waals surface area contributed by atoms with E-state index >= 15 is 0 Å². The van der Waals surface area contributed by atoms with Crippen molar-refractivity contribution < 1.29 is 23.6 Å². The number of nitrogens with zero attached hydrogens (tertiary/aromatic N) is 2. The van der Waals surface area contributed by atoms with Gasteiger partial charge in [0.15, 0.2) is 0 Å². The van der Waals surface area contributed by atoms with Crippen molar-refractivity contribution in [2.24, 2.45) is 5.73 Å². The highest BCUT2D eigenvalue weighted by Crippen LogP contribution is 2.36. The van der Waals surface area contributed by atoms with Crippen molar-refractivity contribution in [3.63, 3.8) is 0 Å². The summed E-state index contributed by atoms with van der Waals surface area (Å²) in [5.74, 6) is 0. The van der Waals surface area contributed by atoms with Gasteiger partial charge in [0.25, 0.3) is 0 Å². The highest BCUT2D eigenvalue weighted by atomic mass is 16.7. The van der Waals surface area contributed by atoms with E-state index in [9.17, 15) is 4.79 Å². The van der Waals surface area contributed by atoms with Crippen molar-refractivity contribution in [2.45, 2.75) is 58.0 Å². The lowest BCUT2D eigenvalue weighted by atomic mass is 9.82. The van der Waals surface area contributed by atoms with Crippen LogP contribution in [-0.2, 0) is 25.3 Å². The fraction of sp³-hybridized carbons (Fsp3) is 0.733. The van der Waals surface area contributed by atoms with Crippen molar-refractivity contribution in [1.29, 1.82) is 0 Å². The third-order valence-corrected chi connectivity index (χ3v) is 4.50. The first kappa shape index (κ1) is 18.8. The molecular weight excluding hydrogens is 313 g/mol. The topological polar surface area (TPSA) is 97.8 Å². The molecule has 8 nitrogen and oxygen atoms in total. The van der Waals surface area contributed by atoms with Gasteiger partial charge < -0.3 is 24.5 Å². The number of methoxy groups -OCH3 is 1. The fourth-order valence-corrected chi connectivity index (χ4v) is 2.39. The van der Waals surface area contributed by atoms with Gasteiger partial charge in [-0.3, -0.25) is 4.68 Å². The van der Waals surface area contributed by atoms with Gasteiger partial charge in [-0.1, -0.05) is 0 Å². The molecular formula is C15H26BN3O5. The molecule has 0 spiro atoms. The molecule has 0 saturated carbocycles. The van der Waals surface area contributed by atoms with E-state index in [1.54, 1.807) is 18.0 Å². The summed E-state index contributed by atoms with van der Waals surface area (Å²) in [6, 6.07) is 0. The second-order valence-electron chi connectivity index (χ2n) is 6.92. The van der Waals surface area contributed by atoms with Crippen LogP contribution < -0.4 is 11.2 Å². The van der Waals surface area contributed by atoms with E-state index in [-0.39, 0.29) is 0 Å². The van der Waals surface area contributed by atoms with Crippen LogP contribution in [0.5, 0.6) is 0 Å². The minimum atomic E-state index is -0.811. The number of ether oxygens (including phenoxy) is 2. The van der Waals surface area contributed by atoms with Gasteiger partial charge in [-0.25, -0.2) is 4.79 Å². The summed E-state index contributed by atoms with van der Waals surface area (Å²) in [6.45, 7) is 8.84. The summed E-state index contributed by atoms with van der Waals surface area (Å²) in [5, 5.41) is 4.30. The molecule has 9 heteroatoms. The molecule has 0 radical (unpaired) electrons. The van der Waals surface area contributed by atoms with Crippen molar-refractivity contribution in [2.75, 3.05) is 13.7 Å². The van der Waals surface area contributed by atoms with Gasteiger partial charge in [0.2, 0.25) is 0 Å². The second-order valence-corrected chi connectivity index (χ2v) is 6.92. The van der Waals surface area contributed by atoms with Gasteiger partial charge in [-0.05, 0) is 27.7 Å². The number of hydrogen-bond donors (Lipinski definition) is 1. The molecule has 2 rings (SSSR count). The summed E-state index contributed by atoms with van der Waals surface area (Å²) in [7, 11) is 1.12. The maximum absolute atomic E-state index is 11.0. The number of primary amides is 1. The monoisotopic (exact) mass is 339 g/mol. The molecule has 1 aromatic rings. The predicted molar refractivity (Wildman–Crippen MR) is 88.9 cm³/mol. The summed E-state index contributed by atoms with van der Waals surface area (Å²) >= 11 is 0. The van der Waals surface area contributed by atoms with Crippen LogP contribution in [0.15, 0.2) is 12.4 Å². The Morgan fingerprint density at radius 3 is 2.54 bits per heavy atom. The van der Waals surface area contributed by atoms with Crippen LogP contribution in [-0.4, -0.2) is 54.0 Å². The van der Waals surface area contributed by atoms with Crippen LogP contribution in [0.4, 0.5) is 4.79 Å². The van der Waals surface area contributed by atoms with Crippen molar-refractivity contribution >= 4 is 18.7 Å². The van der Waals surface area contributed by atoms with E-state index in [2.05, 4.69) is 5.10 Å². The van der Waals surface area contributed by atoms with Crippen LogP contribution in [0, 0.1) is 0 Å². The second kappa shape index (κ2) is 7.12. The Hall–Kier alpha value is -1.58. The first-order chi connectivity index (χ1) is 11.1. The minimum absolute atomic E-state index is 0.381. The molecule has 1 fully saturated rings. The lowest BCUT2D eigenvalue weighted by Gasteiger charge is -2.32. The molecule has 134 valence electrons. The fourth-order valence-electron chi connectivity index (χ4n) is 2.39. The predicted octanol–water partition coefficient (Wildman–Crippen LogP) is 0.683. The minimum Gasteiger partial charge on any atom is -0.444 e. The number of carbonyl (C=O) groups is 1. The van der Waals surface area contributed by atoms with Crippen LogP contribution >= 0.6 is 0 Å². The average Bonchev–Trinajstić information content (AvgIpc) is 2.98. The third-order valence-electron chi connectivity index (χ3n) is 4.50. The normalized spacial score (nSPS) is 20.1. The molecule has 1 saturated heterocycles. The number of nitrogens with two attached hydrogens (primary N) is 1. The molecule has 1 amide bonds. The summed E-state index contributed by atoms with van der Waals surface area (Å²) < 4.78 is 23.8. The Balaban J connectivity index is 2.03. The van der Waals surface area contributed by atoms with Gasteiger partial charge in [-0.2, -0.15) is 5.10 Å². The molecule has 0 bridgehead atoms. The standard InChI is InChI=1S/C15H26BN3O5/c1-14(2)15(3,4)24-16(23-14)11-8-18-19(9-11)10-12(6-7-21-5)22-13(17)20/h8-9,12H,6-7,10H2,1-5H3,(H2,17,20). The lowest BCUT2D eigenvalue weighted by molar-refractivity contribution is 0.00578. The Kier molecular flexibility index (Phi) is 5.57. The Morgan fingerprint density at radius 1 is 1.38 bits per heavy atom. The van der Waals surface area contributed by atoms with Crippen LogP contribution in [0.2, 0.25) is 0 Å². The van der Waals surface area contributed by atoms with Crippen LogP contribution in [0.3, 0.4) is 0 Å². The maximum Gasteiger partial charge on any atom is 0.498 e. The molecule has 1 aliphatic heterocycles. The van der Waals surface area contributed by atoms with Crippen LogP contribution in [0.25, 0.3) is 0 Å². The average molecular weight is 339 g/mol. The van der Waals surface area contributed by atoms with Gasteiger partial charge in [0.1, 0.15) is 6.10 Å². The van der Waals surface area contributed by atoms with Gasteiger partial charge in [0.05, 0.1) is 17.7 Å². The highest BCUT2D eigenvalue weighted by Gasteiger charge is 2.52. The molecule has 24 heavy (non-hydrogen) atoms. The van der Waals surface area contributed by atoms with E-state index in [0.717, 1.165) is 5.46 Å². The lowest BCUT2D eigenvalue weighted by Crippen LogP contribution is -2.41. The Bertz CT molecular complexity index is 559. The zero-order valence-electron chi connectivity index (χ0n) is 14.9. The summed E-state index contributed by atoms with van der Waals surface area (Å²) in [6.07, 6.45) is 2.83. The number of amides is 1. The van der Waals surface area contributed by atoms with Gasteiger partial charge >= 0.3 is 13.2 Å². The highest BCUT2D eigenvalue weighted by molar-refractivity contribution is 6.61. The summed E-state index contributed by atoms with van der Waals surface area (Å²) in [4.78, 5) is 11.0. The van der Waals surface area contributed by atoms with Crippen LogP contribution in [0.1, 0.15) is 34.1 Å².